The van der Waals surface area contributed by atoms with E-state index in [4.69, 9.17) is 0 Å². The van der Waals surface area contributed by atoms with Crippen molar-refractivity contribution in [2.75, 3.05) is 6.26 Å². The molecule has 0 aromatic carbocycles. The Labute approximate surface area is 63.3 Å². The molecule has 0 fully saturated rings. The van der Waals surface area contributed by atoms with Gasteiger partial charge in [-0.15, -0.1) is 10.8 Å². The largest absolute Gasteiger partial charge is 1.00 e. The molecule has 0 spiro atoms. The Morgan fingerprint density at radius 1 is 1.67 bits per heavy atom. The maximum absolute atomic E-state index is 9.87. The van der Waals surface area contributed by atoms with Crippen LogP contribution in [0.15, 0.2) is 0 Å². The van der Waals surface area contributed by atoms with Gasteiger partial charge in [0.15, 0.2) is 0 Å². The van der Waals surface area contributed by atoms with Crippen LogP contribution in [0.5, 0.6) is 0 Å². The maximum atomic E-state index is 9.87. The number of hydrogen-bond donors (Lipinski definition) is 0. The van der Waals surface area contributed by atoms with Gasteiger partial charge in [-0.25, -0.2) is 5.75 Å². The van der Waals surface area contributed by atoms with Gasteiger partial charge in [0.05, 0.1) is 0 Å². The van der Waals surface area contributed by atoms with Crippen molar-refractivity contribution in [3.8, 4) is 0 Å². The Morgan fingerprint density at radius 2 is 1.83 bits per heavy atom. The maximum Gasteiger partial charge on any atom is 1.00 e. The minimum absolute atomic E-state index is 0. The van der Waals surface area contributed by atoms with Crippen molar-refractivity contribution in [2.45, 2.75) is 6.92 Å². The van der Waals surface area contributed by atoms with Gasteiger partial charge < -0.3 is 0 Å². The average Bonchev–Trinajstić information content (AvgIpc) is 1.38. The summed E-state index contributed by atoms with van der Waals surface area (Å²) in [5.41, 5.74) is 0. The van der Waals surface area contributed by atoms with E-state index in [-0.39, 0.29) is 29.6 Å². The van der Waals surface area contributed by atoms with Crippen LogP contribution in [0.4, 0.5) is 0 Å². The molecule has 3 heteroatoms. The third kappa shape index (κ3) is 8.94. The van der Waals surface area contributed by atoms with Gasteiger partial charge in [0, 0.05) is 0 Å². The van der Waals surface area contributed by atoms with Crippen molar-refractivity contribution >= 4 is 10.8 Å². The molecule has 1 unspecified atom stereocenters. The van der Waals surface area contributed by atoms with E-state index in [1.807, 2.05) is 0 Å². The summed E-state index contributed by atoms with van der Waals surface area (Å²) in [6, 6.07) is 0. The van der Waals surface area contributed by atoms with Crippen LogP contribution in [0.3, 0.4) is 0 Å². The average molecular weight is 114 g/mol. The summed E-state index contributed by atoms with van der Waals surface area (Å²) in [6.07, 6.45) is 1.64. The molecule has 0 aliphatic rings. The SMILES string of the molecule is C[CH-]S(C)=O.[Na+]. The number of hydrogen-bond acceptors (Lipinski definition) is 1. The van der Waals surface area contributed by atoms with E-state index in [1.165, 1.54) is 0 Å². The summed E-state index contributed by atoms with van der Waals surface area (Å²) >= 11 is 0. The molecule has 0 radical (unpaired) electrons. The summed E-state index contributed by atoms with van der Waals surface area (Å²) in [4.78, 5) is 0. The molecule has 0 aromatic rings. The van der Waals surface area contributed by atoms with Crippen LogP contribution in [0.1, 0.15) is 6.92 Å². The molecule has 0 saturated heterocycles. The minimum Gasteiger partial charge on any atom is -0.295 e. The van der Waals surface area contributed by atoms with Crippen molar-refractivity contribution in [3.63, 3.8) is 0 Å². The fraction of sp³-hybridized carbons (Fsp3) is 0.667. The van der Waals surface area contributed by atoms with Gasteiger partial charge in [0.1, 0.15) is 0 Å². The Kier molecular flexibility index (Phi) is 10.5. The molecule has 0 aromatic heterocycles. The first-order chi connectivity index (χ1) is 2.27. The predicted molar refractivity (Wildman–Crippen MR) is 24.0 cm³/mol. The van der Waals surface area contributed by atoms with Crippen LogP contribution in [0, 0.1) is 5.75 Å². The number of rotatable bonds is 1. The summed E-state index contributed by atoms with van der Waals surface area (Å²) < 4.78 is 9.87. The predicted octanol–water partition coefficient (Wildman–Crippen LogP) is -2.45. The molecule has 0 saturated carbocycles. The first-order valence-corrected chi connectivity index (χ1v) is 3.01. The topological polar surface area (TPSA) is 17.1 Å². The second-order valence-corrected chi connectivity index (χ2v) is 2.20. The van der Waals surface area contributed by atoms with Gasteiger partial charge in [-0.05, 0) is 6.26 Å². The third-order valence-electron chi connectivity index (χ3n) is 0.332. The van der Waals surface area contributed by atoms with E-state index in [1.54, 1.807) is 18.9 Å². The Morgan fingerprint density at radius 3 is 1.83 bits per heavy atom. The molecule has 6 heavy (non-hydrogen) atoms. The van der Waals surface area contributed by atoms with Crippen LogP contribution >= 0.6 is 0 Å². The first kappa shape index (κ1) is 10.2. The molecule has 0 heterocycles. The van der Waals surface area contributed by atoms with Crippen molar-refractivity contribution in [1.82, 2.24) is 0 Å². The molecule has 0 bridgehead atoms. The molecular weight excluding hydrogens is 107 g/mol. The van der Waals surface area contributed by atoms with Crippen molar-refractivity contribution in [2.24, 2.45) is 0 Å². The van der Waals surface area contributed by atoms with Crippen LogP contribution < -0.4 is 29.6 Å². The normalized spacial score (nSPS) is 12.3. The standard InChI is InChI=1S/C3H7OS.Na/c1-3-5(2)4;/h3H,1-2H3;/q-1;+1. The Bertz CT molecular complexity index is 46.1. The summed E-state index contributed by atoms with van der Waals surface area (Å²) in [7, 11) is -0.698. The van der Waals surface area contributed by atoms with E-state index in [0.717, 1.165) is 0 Å². The van der Waals surface area contributed by atoms with Gasteiger partial charge in [0.2, 0.25) is 0 Å². The Balaban J connectivity index is 0. The Hall–Kier alpha value is 1.15. The minimum atomic E-state index is -0.698. The molecule has 0 aliphatic carbocycles. The van der Waals surface area contributed by atoms with Gasteiger partial charge in [-0.2, -0.15) is 6.92 Å². The monoisotopic (exact) mass is 114 g/mol. The molecule has 0 amide bonds. The van der Waals surface area contributed by atoms with Gasteiger partial charge >= 0.3 is 29.6 Å². The smallest absolute Gasteiger partial charge is 0.295 e. The summed E-state index contributed by atoms with van der Waals surface area (Å²) in [5.74, 6) is 1.64. The zero-order valence-corrected chi connectivity index (χ0v) is 7.21. The zero-order valence-electron chi connectivity index (χ0n) is 4.39. The van der Waals surface area contributed by atoms with Crippen LogP contribution in [0.2, 0.25) is 0 Å². The van der Waals surface area contributed by atoms with E-state index in [0.29, 0.717) is 0 Å². The van der Waals surface area contributed by atoms with Crippen molar-refractivity contribution < 1.29 is 33.8 Å². The molecule has 0 rings (SSSR count). The quantitative estimate of drug-likeness (QED) is 0.273. The van der Waals surface area contributed by atoms with Gasteiger partial charge in [-0.3, -0.25) is 4.21 Å². The van der Waals surface area contributed by atoms with Crippen LogP contribution in [-0.4, -0.2) is 10.5 Å². The van der Waals surface area contributed by atoms with Gasteiger partial charge in [0.25, 0.3) is 0 Å². The van der Waals surface area contributed by atoms with E-state index >= 15 is 0 Å². The van der Waals surface area contributed by atoms with Crippen molar-refractivity contribution in [1.29, 1.82) is 0 Å². The van der Waals surface area contributed by atoms with Gasteiger partial charge in [-0.1, -0.05) is 0 Å². The van der Waals surface area contributed by atoms with Crippen LogP contribution in [0.25, 0.3) is 0 Å². The molecule has 32 valence electrons. The molecule has 1 atom stereocenters. The first-order valence-electron chi connectivity index (χ1n) is 1.39. The van der Waals surface area contributed by atoms with Crippen molar-refractivity contribution in [3.05, 3.63) is 5.75 Å². The van der Waals surface area contributed by atoms with E-state index < -0.39 is 10.8 Å². The van der Waals surface area contributed by atoms with E-state index in [9.17, 15) is 4.21 Å². The summed E-state index contributed by atoms with van der Waals surface area (Å²) in [5, 5.41) is 0. The zero-order chi connectivity index (χ0) is 4.28. The fourth-order valence-electron chi connectivity index (χ4n) is 0. The fourth-order valence-corrected chi connectivity index (χ4v) is 0. The molecule has 1 nitrogen and oxygen atoms in total. The molecule has 0 N–H and O–H groups in total. The third-order valence-corrected chi connectivity index (χ3v) is 0.996. The second-order valence-electron chi connectivity index (χ2n) is 0.734. The molecule has 0 aliphatic heterocycles. The van der Waals surface area contributed by atoms with E-state index in [2.05, 4.69) is 0 Å². The van der Waals surface area contributed by atoms with Crippen LogP contribution in [-0.2, 0) is 10.8 Å². The summed E-state index contributed by atoms with van der Waals surface area (Å²) in [6.45, 7) is 1.77. The second kappa shape index (κ2) is 6.15. The molecular formula is C3H7NaOS.